The summed E-state index contributed by atoms with van der Waals surface area (Å²) in [5, 5.41) is 19.7. The molecule has 3 rings (SSSR count). The van der Waals surface area contributed by atoms with E-state index in [9.17, 15) is 9.90 Å². The number of benzene rings is 2. The van der Waals surface area contributed by atoms with Gasteiger partial charge in [-0.25, -0.2) is 9.78 Å². The Morgan fingerprint density at radius 2 is 1.91 bits per heavy atom. The Bertz CT molecular complexity index is 881. The molecule has 23 heavy (non-hydrogen) atoms. The number of fused-ring (bicyclic) bond motifs is 1. The summed E-state index contributed by atoms with van der Waals surface area (Å²) in [6, 6.07) is 14.3. The van der Waals surface area contributed by atoms with Crippen LogP contribution in [0.15, 0.2) is 48.5 Å². The molecule has 2 aromatic carbocycles. The molecule has 0 aliphatic carbocycles. The molecule has 0 aliphatic rings. The monoisotopic (exact) mass is 329 g/mol. The summed E-state index contributed by atoms with van der Waals surface area (Å²) in [4.78, 5) is 15.3. The van der Waals surface area contributed by atoms with Gasteiger partial charge >= 0.3 is 6.16 Å². The fourth-order valence-corrected chi connectivity index (χ4v) is 2.64. The van der Waals surface area contributed by atoms with Gasteiger partial charge in [0.2, 0.25) is 0 Å². The Morgan fingerprint density at radius 3 is 2.57 bits per heavy atom. The topological polar surface area (TPSA) is 79.7 Å². The van der Waals surface area contributed by atoms with Crippen molar-refractivity contribution in [2.24, 2.45) is 0 Å². The zero-order valence-corrected chi connectivity index (χ0v) is 12.6. The molecule has 6 heteroatoms. The highest BCUT2D eigenvalue weighted by molar-refractivity contribution is 6.31. The van der Waals surface area contributed by atoms with Crippen molar-refractivity contribution < 1.29 is 19.7 Å². The van der Waals surface area contributed by atoms with Crippen LogP contribution in [-0.2, 0) is 6.61 Å². The third-order valence-electron chi connectivity index (χ3n) is 3.37. The minimum absolute atomic E-state index is 0.0148. The fourth-order valence-electron chi connectivity index (χ4n) is 2.46. The molecule has 5 nitrogen and oxygen atoms in total. The number of hydrogen-bond acceptors (Lipinski definition) is 4. The normalized spacial score (nSPS) is 10.7. The molecule has 0 unspecified atom stereocenters. The van der Waals surface area contributed by atoms with Gasteiger partial charge in [-0.15, -0.1) is 0 Å². The van der Waals surface area contributed by atoms with Crippen LogP contribution in [0.5, 0.6) is 5.75 Å². The van der Waals surface area contributed by atoms with Crippen molar-refractivity contribution in [3.05, 3.63) is 59.2 Å². The number of rotatable bonds is 3. The highest BCUT2D eigenvalue weighted by Crippen LogP contribution is 2.39. The average Bonchev–Trinajstić information content (AvgIpc) is 2.54. The summed E-state index contributed by atoms with van der Waals surface area (Å²) in [6.45, 7) is -0.443. The van der Waals surface area contributed by atoms with Crippen molar-refractivity contribution in [2.45, 2.75) is 6.61 Å². The van der Waals surface area contributed by atoms with Crippen molar-refractivity contribution in [3.8, 4) is 16.9 Å². The maximum atomic E-state index is 11.1. The van der Waals surface area contributed by atoms with Crippen LogP contribution in [0, 0.1) is 0 Å². The summed E-state index contributed by atoms with van der Waals surface area (Å²) >= 11 is 6.08. The van der Waals surface area contributed by atoms with Gasteiger partial charge in [-0.2, -0.15) is 0 Å². The van der Waals surface area contributed by atoms with E-state index in [-0.39, 0.29) is 11.4 Å². The van der Waals surface area contributed by atoms with E-state index in [0.29, 0.717) is 21.5 Å². The predicted molar refractivity (Wildman–Crippen MR) is 86.8 cm³/mol. The lowest BCUT2D eigenvalue weighted by Gasteiger charge is -2.15. The molecule has 0 amide bonds. The molecular weight excluding hydrogens is 318 g/mol. The summed E-state index contributed by atoms with van der Waals surface area (Å²) in [6.07, 6.45) is -1.47. The molecule has 0 saturated carbocycles. The first-order valence-corrected chi connectivity index (χ1v) is 7.17. The third-order valence-corrected chi connectivity index (χ3v) is 3.61. The lowest BCUT2D eigenvalue weighted by molar-refractivity contribution is 0.143. The lowest BCUT2D eigenvalue weighted by atomic mass is 9.99. The molecule has 0 spiro atoms. The van der Waals surface area contributed by atoms with Crippen molar-refractivity contribution >= 4 is 28.7 Å². The van der Waals surface area contributed by atoms with E-state index >= 15 is 0 Å². The first-order chi connectivity index (χ1) is 11.1. The third kappa shape index (κ3) is 2.97. The van der Waals surface area contributed by atoms with Crippen LogP contribution < -0.4 is 4.74 Å². The molecule has 116 valence electrons. The van der Waals surface area contributed by atoms with E-state index in [1.807, 2.05) is 30.3 Å². The maximum absolute atomic E-state index is 11.1. The molecule has 1 aromatic heterocycles. The van der Waals surface area contributed by atoms with Crippen LogP contribution in [0.1, 0.15) is 5.69 Å². The molecule has 1 heterocycles. The summed E-state index contributed by atoms with van der Waals surface area (Å²) in [5.41, 5.74) is 2.02. The minimum atomic E-state index is -1.47. The van der Waals surface area contributed by atoms with Crippen LogP contribution in [0.3, 0.4) is 0 Å². The van der Waals surface area contributed by atoms with Gasteiger partial charge in [0.25, 0.3) is 0 Å². The second-order valence-corrected chi connectivity index (χ2v) is 5.25. The van der Waals surface area contributed by atoms with Gasteiger partial charge in [0.05, 0.1) is 12.1 Å². The molecule has 2 N–H and O–H groups in total. The molecule has 0 fully saturated rings. The van der Waals surface area contributed by atoms with E-state index in [4.69, 9.17) is 21.4 Å². The van der Waals surface area contributed by atoms with E-state index in [1.54, 1.807) is 18.2 Å². The van der Waals surface area contributed by atoms with Gasteiger partial charge in [-0.3, -0.25) is 0 Å². The molecule has 3 aromatic rings. The summed E-state index contributed by atoms with van der Waals surface area (Å²) < 4.78 is 4.92. The quantitative estimate of drug-likeness (QED) is 0.707. The lowest BCUT2D eigenvalue weighted by Crippen LogP contribution is -2.08. The number of carbonyl (C=O) groups is 1. The van der Waals surface area contributed by atoms with Crippen LogP contribution in [0.25, 0.3) is 22.0 Å². The smallest absolute Gasteiger partial charge is 0.449 e. The van der Waals surface area contributed by atoms with Crippen molar-refractivity contribution in [2.75, 3.05) is 0 Å². The van der Waals surface area contributed by atoms with Crippen molar-refractivity contribution in [1.82, 2.24) is 4.98 Å². The van der Waals surface area contributed by atoms with Gasteiger partial charge < -0.3 is 14.9 Å². The number of hydrogen-bond donors (Lipinski definition) is 2. The van der Waals surface area contributed by atoms with Gasteiger partial charge in [0.1, 0.15) is 5.69 Å². The zero-order valence-electron chi connectivity index (χ0n) is 11.9. The predicted octanol–water partition coefficient (Wildman–Crippen LogP) is 4.10. The standard InChI is InChI=1S/C17H12ClNO4/c18-11-6-7-13-12(8-11)15(10-4-2-1-3-5-10)16(23-17(21)22)14(9-20)19-13/h1-8,20H,9H2,(H,21,22). The average molecular weight is 330 g/mol. The maximum Gasteiger partial charge on any atom is 0.511 e. The second kappa shape index (κ2) is 6.24. The van der Waals surface area contributed by atoms with Crippen molar-refractivity contribution in [1.29, 1.82) is 0 Å². The Kier molecular flexibility index (Phi) is 4.14. The molecule has 0 bridgehead atoms. The number of halogens is 1. The molecule has 0 atom stereocenters. The number of carboxylic acid groups (broad SMARTS) is 1. The summed E-state index contributed by atoms with van der Waals surface area (Å²) in [5.74, 6) is 0.0148. The largest absolute Gasteiger partial charge is 0.511 e. The first kappa shape index (κ1) is 15.3. The molecule has 0 saturated heterocycles. The van der Waals surface area contributed by atoms with Crippen LogP contribution in [0.4, 0.5) is 4.79 Å². The van der Waals surface area contributed by atoms with Crippen LogP contribution >= 0.6 is 11.6 Å². The number of ether oxygens (including phenoxy) is 1. The number of aliphatic hydroxyl groups is 1. The Balaban J connectivity index is 2.43. The van der Waals surface area contributed by atoms with Crippen molar-refractivity contribution in [3.63, 3.8) is 0 Å². The van der Waals surface area contributed by atoms with Gasteiger partial charge in [0, 0.05) is 16.0 Å². The van der Waals surface area contributed by atoms with E-state index in [2.05, 4.69) is 4.98 Å². The molecule has 0 radical (unpaired) electrons. The van der Waals surface area contributed by atoms with Gasteiger partial charge in [-0.05, 0) is 23.8 Å². The van der Waals surface area contributed by atoms with Gasteiger partial charge in [0.15, 0.2) is 5.75 Å². The van der Waals surface area contributed by atoms with E-state index in [0.717, 1.165) is 5.56 Å². The second-order valence-electron chi connectivity index (χ2n) is 4.82. The zero-order chi connectivity index (χ0) is 16.4. The Hall–Kier alpha value is -2.63. The number of pyridine rings is 1. The Labute approximate surface area is 136 Å². The highest BCUT2D eigenvalue weighted by Gasteiger charge is 2.20. The Morgan fingerprint density at radius 1 is 1.17 bits per heavy atom. The first-order valence-electron chi connectivity index (χ1n) is 6.79. The molecule has 0 aliphatic heterocycles. The summed E-state index contributed by atoms with van der Waals surface area (Å²) in [7, 11) is 0. The number of nitrogens with zero attached hydrogens (tertiary/aromatic N) is 1. The molecular formula is C17H12ClNO4. The van der Waals surface area contributed by atoms with E-state index in [1.165, 1.54) is 0 Å². The highest BCUT2D eigenvalue weighted by atomic mass is 35.5. The number of aromatic nitrogens is 1. The fraction of sp³-hybridized carbons (Fsp3) is 0.0588. The van der Waals surface area contributed by atoms with Crippen LogP contribution in [0.2, 0.25) is 5.02 Å². The van der Waals surface area contributed by atoms with Gasteiger partial charge in [-0.1, -0.05) is 41.9 Å². The van der Waals surface area contributed by atoms with E-state index < -0.39 is 12.8 Å². The number of aliphatic hydroxyl groups excluding tert-OH is 1. The SMILES string of the molecule is O=C(O)Oc1c(CO)nc2ccc(Cl)cc2c1-c1ccccc1. The van der Waals surface area contributed by atoms with Crippen LogP contribution in [-0.4, -0.2) is 21.4 Å². The minimum Gasteiger partial charge on any atom is -0.449 e.